The number of nitrogens with one attached hydrogen (secondary N) is 1. The number of halogens is 1. The number of hydrogen-bond acceptors (Lipinski definition) is 5. The van der Waals surface area contributed by atoms with Gasteiger partial charge in [-0.05, 0) is 32.4 Å². The van der Waals surface area contributed by atoms with Crippen molar-refractivity contribution in [1.29, 1.82) is 0 Å². The van der Waals surface area contributed by atoms with Crippen LogP contribution in [-0.2, 0) is 19.6 Å². The lowest BCUT2D eigenvalue weighted by Crippen LogP contribution is -2.65. The van der Waals surface area contributed by atoms with E-state index in [1.165, 1.54) is 19.9 Å². The van der Waals surface area contributed by atoms with Crippen molar-refractivity contribution < 1.29 is 18.0 Å². The number of hydrogen-bond donors (Lipinski definition) is 1. The molecule has 1 fully saturated rings. The Hall–Kier alpha value is -0.960. The summed E-state index contributed by atoms with van der Waals surface area (Å²) in [4.78, 5) is 23.3. The van der Waals surface area contributed by atoms with Gasteiger partial charge < -0.3 is 0 Å². The fourth-order valence-electron chi connectivity index (χ4n) is 1.81. The summed E-state index contributed by atoms with van der Waals surface area (Å²) in [6.45, 7) is 4.20. The predicted octanol–water partition coefficient (Wildman–Crippen LogP) is 1.14. The van der Waals surface area contributed by atoms with Crippen molar-refractivity contribution in [3.8, 4) is 0 Å². The van der Waals surface area contributed by atoms with Crippen molar-refractivity contribution in [3.63, 3.8) is 0 Å². The van der Waals surface area contributed by atoms with Crippen LogP contribution in [0.25, 0.3) is 0 Å². The second-order valence-corrected chi connectivity index (χ2v) is 8.71. The van der Waals surface area contributed by atoms with Crippen molar-refractivity contribution in [2.75, 3.05) is 6.54 Å². The average Bonchev–Trinajstić information content (AvgIpc) is 2.65. The first-order valence-corrected chi connectivity index (χ1v) is 8.33. The summed E-state index contributed by atoms with van der Waals surface area (Å²) < 4.78 is 26.5. The molecule has 0 saturated carbocycles. The van der Waals surface area contributed by atoms with Gasteiger partial charge in [0.05, 0.1) is 10.9 Å². The maximum Gasteiger partial charge on any atom is 0.254 e. The number of rotatable bonds is 2. The minimum atomic E-state index is -3.95. The van der Waals surface area contributed by atoms with E-state index in [-0.39, 0.29) is 4.21 Å². The number of aryl methyl sites for hydroxylation is 1. The van der Waals surface area contributed by atoms with Crippen LogP contribution in [0.4, 0.5) is 0 Å². The summed E-state index contributed by atoms with van der Waals surface area (Å²) in [6.07, 6.45) is 0. The van der Waals surface area contributed by atoms with Gasteiger partial charge in [-0.3, -0.25) is 14.9 Å². The van der Waals surface area contributed by atoms with Crippen LogP contribution < -0.4 is 5.32 Å². The molecule has 0 spiro atoms. The number of amides is 2. The van der Waals surface area contributed by atoms with Crippen LogP contribution in [0.2, 0.25) is 4.34 Å². The Balaban J connectivity index is 2.52. The van der Waals surface area contributed by atoms with Crippen LogP contribution in [0.1, 0.15) is 19.4 Å². The number of carbonyl (C=O) groups excluding carboxylic acids is 2. The molecule has 0 aromatic carbocycles. The van der Waals surface area contributed by atoms with Gasteiger partial charge in [-0.25, -0.2) is 8.42 Å². The molecule has 9 heteroatoms. The molecule has 6 nitrogen and oxygen atoms in total. The van der Waals surface area contributed by atoms with Gasteiger partial charge in [-0.2, -0.15) is 4.31 Å². The minimum absolute atomic E-state index is 0.0237. The van der Waals surface area contributed by atoms with Crippen LogP contribution >= 0.6 is 22.9 Å². The lowest BCUT2D eigenvalue weighted by Gasteiger charge is -2.38. The summed E-state index contributed by atoms with van der Waals surface area (Å²) in [5.41, 5.74) is -0.697. The third kappa shape index (κ3) is 2.37. The number of imide groups is 1. The summed E-state index contributed by atoms with van der Waals surface area (Å²) in [5, 5.41) is 2.13. The quantitative estimate of drug-likeness (QED) is 0.821. The van der Waals surface area contributed by atoms with Crippen LogP contribution in [0.15, 0.2) is 10.3 Å². The highest BCUT2D eigenvalue weighted by Crippen LogP contribution is 2.35. The first-order chi connectivity index (χ1) is 9.06. The van der Waals surface area contributed by atoms with Gasteiger partial charge in [0.2, 0.25) is 11.8 Å². The Morgan fingerprint density at radius 2 is 2.00 bits per heavy atom. The molecule has 0 atom stereocenters. The maximum absolute atomic E-state index is 12.6. The molecule has 0 radical (unpaired) electrons. The van der Waals surface area contributed by atoms with E-state index in [4.69, 9.17) is 11.6 Å². The Labute approximate surface area is 125 Å². The van der Waals surface area contributed by atoms with Crippen LogP contribution in [0.3, 0.4) is 0 Å². The molecule has 1 aromatic heterocycles. The van der Waals surface area contributed by atoms with Gasteiger partial charge in [0.1, 0.15) is 9.75 Å². The fraction of sp³-hybridized carbons (Fsp3) is 0.455. The summed E-state index contributed by atoms with van der Waals surface area (Å²) >= 11 is 6.80. The van der Waals surface area contributed by atoms with Gasteiger partial charge >= 0.3 is 0 Å². The van der Waals surface area contributed by atoms with E-state index in [2.05, 4.69) is 5.32 Å². The molecule has 1 aliphatic rings. The van der Waals surface area contributed by atoms with E-state index in [1.54, 1.807) is 6.92 Å². The molecule has 110 valence electrons. The highest BCUT2D eigenvalue weighted by atomic mass is 35.5. The highest BCUT2D eigenvalue weighted by molar-refractivity contribution is 7.91. The van der Waals surface area contributed by atoms with Crippen molar-refractivity contribution in [1.82, 2.24) is 9.62 Å². The van der Waals surface area contributed by atoms with Gasteiger partial charge in [-0.15, -0.1) is 11.3 Å². The molecule has 1 aromatic rings. The van der Waals surface area contributed by atoms with E-state index in [0.717, 1.165) is 15.6 Å². The lowest BCUT2D eigenvalue weighted by atomic mass is 10.0. The largest absolute Gasteiger partial charge is 0.294 e. The van der Waals surface area contributed by atoms with Crippen molar-refractivity contribution in [2.45, 2.75) is 30.5 Å². The predicted molar refractivity (Wildman–Crippen MR) is 75.2 cm³/mol. The molecule has 2 amide bonds. The first-order valence-electron chi connectivity index (χ1n) is 5.70. The summed E-state index contributed by atoms with van der Waals surface area (Å²) in [5.74, 6) is -1.28. The molecular weight excluding hydrogens is 324 g/mol. The van der Waals surface area contributed by atoms with Crippen molar-refractivity contribution in [3.05, 3.63) is 16.0 Å². The van der Waals surface area contributed by atoms with Gasteiger partial charge in [-0.1, -0.05) is 11.6 Å². The Bertz CT molecular complexity index is 674. The zero-order valence-corrected chi connectivity index (χ0v) is 13.4. The monoisotopic (exact) mass is 336 g/mol. The molecule has 0 unspecified atom stereocenters. The second-order valence-electron chi connectivity index (χ2n) is 4.97. The zero-order chi connectivity index (χ0) is 15.3. The average molecular weight is 337 g/mol. The molecule has 1 saturated heterocycles. The molecule has 0 aliphatic carbocycles. The summed E-state index contributed by atoms with van der Waals surface area (Å²) in [7, 11) is -3.95. The molecule has 2 rings (SSSR count). The number of thiophene rings is 1. The van der Waals surface area contributed by atoms with Crippen molar-refractivity contribution >= 4 is 44.8 Å². The Morgan fingerprint density at radius 3 is 2.50 bits per heavy atom. The van der Waals surface area contributed by atoms with Gasteiger partial charge in [0, 0.05) is 0 Å². The standard InChI is InChI=1S/C11H13ClN2O4S2/c1-6-4-8(19-9(6)12)20(17,18)14-5-7(15)13-10(16)11(14,2)3/h4H,5H2,1-3H3,(H,13,15,16). The molecule has 1 aliphatic heterocycles. The Morgan fingerprint density at radius 1 is 1.40 bits per heavy atom. The highest BCUT2D eigenvalue weighted by Gasteiger charge is 2.48. The van der Waals surface area contributed by atoms with Crippen molar-refractivity contribution in [2.24, 2.45) is 0 Å². The van der Waals surface area contributed by atoms with Gasteiger partial charge in [0.25, 0.3) is 10.0 Å². The molecular formula is C11H13ClN2O4S2. The van der Waals surface area contributed by atoms with E-state index in [0.29, 0.717) is 9.90 Å². The van der Waals surface area contributed by atoms with Crippen LogP contribution in [0, 0.1) is 6.92 Å². The number of nitrogens with zero attached hydrogens (tertiary/aromatic N) is 1. The maximum atomic E-state index is 12.6. The first kappa shape index (κ1) is 15.4. The van der Waals surface area contributed by atoms with Crippen LogP contribution in [-0.4, -0.2) is 36.6 Å². The van der Waals surface area contributed by atoms with E-state index in [9.17, 15) is 18.0 Å². The third-order valence-electron chi connectivity index (χ3n) is 3.10. The SMILES string of the molecule is Cc1cc(S(=O)(=O)N2CC(=O)NC(=O)C2(C)C)sc1Cl. The molecule has 20 heavy (non-hydrogen) atoms. The Kier molecular flexibility index (Phi) is 3.70. The fourth-order valence-corrected chi connectivity index (χ4v) is 5.34. The number of carbonyl (C=O) groups is 2. The van der Waals surface area contributed by atoms with E-state index >= 15 is 0 Å². The van der Waals surface area contributed by atoms with Gasteiger partial charge in [0.15, 0.2) is 0 Å². The minimum Gasteiger partial charge on any atom is -0.294 e. The van der Waals surface area contributed by atoms with E-state index < -0.39 is 33.9 Å². The smallest absolute Gasteiger partial charge is 0.254 e. The molecule has 0 bridgehead atoms. The number of sulfonamides is 1. The summed E-state index contributed by atoms with van der Waals surface area (Å²) in [6, 6.07) is 1.44. The van der Waals surface area contributed by atoms with Crippen LogP contribution in [0.5, 0.6) is 0 Å². The topological polar surface area (TPSA) is 83.6 Å². The number of piperazine rings is 1. The normalized spacial score (nSPS) is 20.0. The molecule has 2 heterocycles. The lowest BCUT2D eigenvalue weighted by molar-refractivity contribution is -0.141. The second kappa shape index (κ2) is 4.80. The zero-order valence-electron chi connectivity index (χ0n) is 11.1. The van der Waals surface area contributed by atoms with E-state index in [1.807, 2.05) is 0 Å². The molecule has 1 N–H and O–H groups in total. The third-order valence-corrected chi connectivity index (χ3v) is 7.12.